The summed E-state index contributed by atoms with van der Waals surface area (Å²) in [5, 5.41) is 37.5. The van der Waals surface area contributed by atoms with Crippen molar-refractivity contribution in [3.63, 3.8) is 0 Å². The van der Waals surface area contributed by atoms with Crippen LogP contribution in [-0.4, -0.2) is 46.6 Å². The smallest absolute Gasteiger partial charge is 0.265 e. The second kappa shape index (κ2) is 15.7. The van der Waals surface area contributed by atoms with E-state index in [2.05, 4.69) is 100 Å². The van der Waals surface area contributed by atoms with Crippen molar-refractivity contribution in [1.82, 2.24) is 10.6 Å². The van der Waals surface area contributed by atoms with Crippen LogP contribution in [0.25, 0.3) is 64.6 Å². The Morgan fingerprint density at radius 1 is 0.630 bits per heavy atom. The van der Waals surface area contributed by atoms with Crippen LogP contribution in [0.2, 0.25) is 0 Å². The molecule has 0 bridgehead atoms. The third-order valence-electron chi connectivity index (χ3n) is 9.69. The number of phosphoric acid groups is 1. The molecule has 5 N–H and O–H groups in total. The van der Waals surface area contributed by atoms with E-state index in [0.29, 0.717) is 6.26 Å². The molecule has 0 aromatic heterocycles. The number of nitrogens with one attached hydrogen (secondary N) is 2. The summed E-state index contributed by atoms with van der Waals surface area (Å²) < 4.78 is 14.8. The van der Waals surface area contributed by atoms with Gasteiger partial charge in [0.2, 0.25) is 11.8 Å². The zero-order valence-electron chi connectivity index (χ0n) is 29.2. The van der Waals surface area contributed by atoms with Crippen molar-refractivity contribution in [2.45, 2.75) is 25.7 Å². The van der Waals surface area contributed by atoms with Gasteiger partial charge in [0.1, 0.15) is 12.0 Å². The van der Waals surface area contributed by atoms with Crippen molar-refractivity contribution in [3.05, 3.63) is 132 Å². The number of carbonyl (C=O) groups is 2. The second-order valence-corrected chi connectivity index (χ2v) is 14.4. The lowest BCUT2D eigenvalue weighted by atomic mass is 9.91. The van der Waals surface area contributed by atoms with E-state index in [0.717, 1.165) is 27.3 Å². The molecule has 8 rings (SSSR count). The number of aliphatic hydroxyl groups excluding tert-OH is 2. The number of hydrogen-bond acceptors (Lipinski definition) is 7. The van der Waals surface area contributed by atoms with Gasteiger partial charge in [0, 0.05) is 19.5 Å². The molecule has 0 heterocycles. The Morgan fingerprint density at radius 2 is 1.04 bits per heavy atom. The van der Waals surface area contributed by atoms with Crippen molar-refractivity contribution >= 4 is 84.3 Å². The van der Waals surface area contributed by atoms with Gasteiger partial charge >= 0.3 is 0 Å². The Bertz CT molecular complexity index is 2670. The summed E-state index contributed by atoms with van der Waals surface area (Å²) in [4.78, 5) is 43.6. The van der Waals surface area contributed by atoms with E-state index >= 15 is 0 Å². The Morgan fingerprint density at radius 3 is 1.48 bits per heavy atom. The molecule has 0 saturated carbocycles. The summed E-state index contributed by atoms with van der Waals surface area (Å²) in [6.07, 6.45) is 1.65. The lowest BCUT2D eigenvalue weighted by Crippen LogP contribution is -2.27. The van der Waals surface area contributed by atoms with Gasteiger partial charge in [0.15, 0.2) is 0 Å². The molecule has 0 radical (unpaired) electrons. The Hall–Kier alpha value is -5.77. The summed E-state index contributed by atoms with van der Waals surface area (Å²) in [7, 11) is -4.70. The highest BCUT2D eigenvalue weighted by Crippen LogP contribution is 2.37. The van der Waals surface area contributed by atoms with Crippen molar-refractivity contribution in [3.8, 4) is 0 Å². The van der Waals surface area contributed by atoms with Crippen LogP contribution in [0, 0.1) is 0 Å². The monoisotopic (exact) mass is 741 g/mol. The highest BCUT2D eigenvalue weighted by atomic mass is 31.2. The first-order valence-corrected chi connectivity index (χ1v) is 19.1. The quantitative estimate of drug-likeness (QED) is 0.0367. The van der Waals surface area contributed by atoms with Crippen LogP contribution >= 0.6 is 7.82 Å². The molecule has 11 heteroatoms. The van der Waals surface area contributed by atoms with Gasteiger partial charge in [-0.25, -0.2) is 0 Å². The third kappa shape index (κ3) is 7.93. The normalized spacial score (nSPS) is 13.1. The molecule has 1 unspecified atom stereocenters. The average molecular weight is 742 g/mol. The molecule has 8 aromatic rings. The predicted octanol–water partition coefficient (Wildman–Crippen LogP) is 7.70. The molecule has 1 atom stereocenters. The van der Waals surface area contributed by atoms with Crippen molar-refractivity contribution in [2.24, 2.45) is 0 Å². The summed E-state index contributed by atoms with van der Waals surface area (Å²) in [6, 6.07) is 37.4. The van der Waals surface area contributed by atoms with Crippen LogP contribution in [0.4, 0.5) is 0 Å². The number of hydrogen-bond donors (Lipinski definition) is 5. The minimum atomic E-state index is -4.70. The van der Waals surface area contributed by atoms with E-state index in [1.807, 2.05) is 24.3 Å². The number of phosphoric ester groups is 1. The first-order chi connectivity index (χ1) is 26.1. The number of carbonyl (C=O) groups excluding carboxylic acids is 2. The van der Waals surface area contributed by atoms with Gasteiger partial charge in [-0.05, 0) is 82.2 Å². The summed E-state index contributed by atoms with van der Waals surface area (Å²) in [5.41, 5.74) is 1.93. The van der Waals surface area contributed by atoms with Gasteiger partial charge in [0.05, 0.1) is 19.4 Å². The van der Waals surface area contributed by atoms with Gasteiger partial charge in [-0.2, -0.15) is 0 Å². The van der Waals surface area contributed by atoms with Gasteiger partial charge in [0.25, 0.3) is 7.82 Å². The summed E-state index contributed by atoms with van der Waals surface area (Å²) in [5.74, 6) is -0.400. The van der Waals surface area contributed by atoms with Crippen LogP contribution in [0.3, 0.4) is 0 Å². The second-order valence-electron chi connectivity index (χ2n) is 13.2. The molecule has 274 valence electrons. The van der Waals surface area contributed by atoms with E-state index in [4.69, 9.17) is 10.00 Å². The number of benzene rings is 8. The minimum Gasteiger partial charge on any atom is -0.756 e. The van der Waals surface area contributed by atoms with Crippen LogP contribution in [-0.2, 0) is 31.5 Å². The average Bonchev–Trinajstić information content (AvgIpc) is 3.16. The molecule has 0 aliphatic heterocycles. The fourth-order valence-corrected chi connectivity index (χ4v) is 7.60. The Labute approximate surface area is 310 Å². The molecule has 54 heavy (non-hydrogen) atoms. The summed E-state index contributed by atoms with van der Waals surface area (Å²) in [6.45, 7) is 0.383. The molecule has 0 aliphatic carbocycles. The zero-order chi connectivity index (χ0) is 37.8. The maximum Gasteiger partial charge on any atom is 0.265 e. The molecule has 0 aliphatic rings. The minimum absolute atomic E-state index is 0.106. The van der Waals surface area contributed by atoms with Crippen LogP contribution in [0.15, 0.2) is 121 Å². The molecular weight excluding hydrogens is 703 g/mol. The third-order valence-corrected chi connectivity index (χ3v) is 10.2. The first-order valence-electron chi connectivity index (χ1n) is 17.6. The Balaban J connectivity index is 0.000000167. The van der Waals surface area contributed by atoms with Crippen LogP contribution in [0.5, 0.6) is 0 Å². The Kier molecular flexibility index (Phi) is 10.6. The van der Waals surface area contributed by atoms with E-state index in [1.54, 1.807) is 0 Å². The zero-order valence-corrected chi connectivity index (χ0v) is 30.1. The lowest BCUT2D eigenvalue weighted by molar-refractivity contribution is -0.219. The molecule has 10 nitrogen and oxygen atoms in total. The fraction of sp³-hybridized carbons (Fsp3) is 0.163. The van der Waals surface area contributed by atoms with Gasteiger partial charge in [-0.15, -0.1) is 0 Å². The largest absolute Gasteiger partial charge is 0.756 e. The highest BCUT2D eigenvalue weighted by molar-refractivity contribution is 7.44. The molecule has 0 fully saturated rings. The van der Waals surface area contributed by atoms with E-state index in [-0.39, 0.29) is 63.0 Å². The maximum absolute atomic E-state index is 12.3. The van der Waals surface area contributed by atoms with E-state index < -0.39 is 7.82 Å². The van der Waals surface area contributed by atoms with E-state index in [1.165, 1.54) is 48.5 Å². The molecule has 2 amide bonds. The molecular formula is C43H38N2O8P-. The standard InChI is InChI=1S/C22H19NO3.C21H20NO5P/c24-13-18(25)10-11-23-20(26)12-17-7-6-16-5-4-14-2-1-3-15-8-9-19(17)22(16)21(14)15;23-19(22-11-2-12-27-28(24,25)26)13-17-8-7-16-6-5-14-3-1-4-15-9-10-18(17)21(16)20(14)15/h1-9,13,24-25H,10-12H2,(H,23,26);1,3-10H,2,11-13H2,(H,22,23)(H2,24,25,26)/p-1/b18-13+;. The first kappa shape index (κ1) is 36.6. The topological polar surface area (TPSA) is 168 Å². The molecule has 0 saturated heterocycles. The molecule has 8 aromatic carbocycles. The maximum atomic E-state index is 12.3. The summed E-state index contributed by atoms with van der Waals surface area (Å²) >= 11 is 0. The molecule has 0 spiro atoms. The van der Waals surface area contributed by atoms with Crippen molar-refractivity contribution in [2.75, 3.05) is 19.7 Å². The van der Waals surface area contributed by atoms with Crippen LogP contribution < -0.4 is 15.5 Å². The highest BCUT2D eigenvalue weighted by Gasteiger charge is 2.14. The number of rotatable bonds is 12. The van der Waals surface area contributed by atoms with Gasteiger partial charge in [-0.1, -0.05) is 109 Å². The van der Waals surface area contributed by atoms with E-state index in [9.17, 15) is 24.2 Å². The number of amides is 2. The predicted molar refractivity (Wildman–Crippen MR) is 212 cm³/mol. The van der Waals surface area contributed by atoms with Crippen molar-refractivity contribution in [1.29, 1.82) is 0 Å². The number of aliphatic hydroxyl groups is 2. The van der Waals surface area contributed by atoms with Crippen molar-refractivity contribution < 1.29 is 38.7 Å². The van der Waals surface area contributed by atoms with Gasteiger partial charge < -0.3 is 35.2 Å². The fourth-order valence-electron chi connectivity index (χ4n) is 7.25. The van der Waals surface area contributed by atoms with Crippen LogP contribution in [0.1, 0.15) is 24.0 Å². The SMILES string of the molecule is O=C(Cc1ccc2ccc3cccc4ccc1c2c34)NCC/C(O)=C\O.O=C(Cc1ccc2ccc3cccc4ccc1c2c34)NCCCOP(=O)([O-])O. The lowest BCUT2D eigenvalue weighted by Gasteiger charge is -2.15. The van der Waals surface area contributed by atoms with Gasteiger partial charge in [-0.3, -0.25) is 14.2 Å².